The van der Waals surface area contributed by atoms with Crippen LogP contribution in [0.4, 0.5) is 0 Å². The highest BCUT2D eigenvalue weighted by atomic mass is 16.2. The minimum Gasteiger partial charge on any atom is -0.337 e. The van der Waals surface area contributed by atoms with Crippen molar-refractivity contribution in [1.29, 1.82) is 0 Å². The van der Waals surface area contributed by atoms with Gasteiger partial charge in [0.05, 0.1) is 0 Å². The van der Waals surface area contributed by atoms with Gasteiger partial charge in [0.25, 0.3) is 0 Å². The molecule has 4 heteroatoms. The quantitative estimate of drug-likeness (QED) is 0.724. The molecule has 4 nitrogen and oxygen atoms in total. The Bertz CT molecular complexity index is 382. The van der Waals surface area contributed by atoms with Gasteiger partial charge in [0.15, 0.2) is 0 Å². The lowest BCUT2D eigenvalue weighted by Gasteiger charge is -2.39. The Hall–Kier alpha value is -1.06. The lowest BCUT2D eigenvalue weighted by Crippen LogP contribution is -2.50. The molecule has 2 amide bonds. The molecule has 3 atom stereocenters. The third kappa shape index (κ3) is 2.26. The molecule has 0 aromatic heterocycles. The first kappa shape index (κ1) is 12.9. The predicted octanol–water partition coefficient (Wildman–Crippen LogP) is 1.79. The Balaban J connectivity index is 1.81. The van der Waals surface area contributed by atoms with Crippen molar-refractivity contribution in [3.05, 3.63) is 0 Å². The maximum Gasteiger partial charge on any atom is 0.245 e. The van der Waals surface area contributed by atoms with E-state index in [1.807, 2.05) is 4.90 Å². The van der Waals surface area contributed by atoms with Crippen molar-refractivity contribution in [3.8, 4) is 0 Å². The summed E-state index contributed by atoms with van der Waals surface area (Å²) in [7, 11) is 0. The molecule has 0 spiro atoms. The van der Waals surface area contributed by atoms with E-state index in [0.717, 1.165) is 25.8 Å². The fraction of sp³-hybridized carbons (Fsp3) is 0.867. The maximum atomic E-state index is 12.7. The molecule has 0 N–H and O–H groups in total. The molecule has 2 heterocycles. The highest BCUT2D eigenvalue weighted by Crippen LogP contribution is 2.32. The molecule has 106 valence electrons. The third-order valence-electron chi connectivity index (χ3n) is 5.17. The van der Waals surface area contributed by atoms with Crippen molar-refractivity contribution in [2.24, 2.45) is 5.92 Å². The van der Waals surface area contributed by atoms with Crippen molar-refractivity contribution in [2.75, 3.05) is 13.1 Å². The van der Waals surface area contributed by atoms with Crippen molar-refractivity contribution in [3.63, 3.8) is 0 Å². The van der Waals surface area contributed by atoms with Crippen LogP contribution in [-0.4, -0.2) is 46.8 Å². The van der Waals surface area contributed by atoms with Gasteiger partial charge in [0, 0.05) is 25.6 Å². The van der Waals surface area contributed by atoms with Gasteiger partial charge in [-0.05, 0) is 31.6 Å². The Morgan fingerprint density at radius 3 is 2.53 bits per heavy atom. The van der Waals surface area contributed by atoms with Gasteiger partial charge >= 0.3 is 0 Å². The zero-order valence-corrected chi connectivity index (χ0v) is 11.8. The number of carbonyl (C=O) groups is 2. The molecule has 3 fully saturated rings. The molecule has 1 aliphatic carbocycles. The number of carbonyl (C=O) groups excluding carboxylic acids is 2. The highest BCUT2D eigenvalue weighted by Gasteiger charge is 2.42. The molecule has 3 aliphatic rings. The second kappa shape index (κ2) is 5.14. The normalized spacial score (nSPS) is 36.4. The summed E-state index contributed by atoms with van der Waals surface area (Å²) in [5.74, 6) is 0.990. The Morgan fingerprint density at radius 1 is 0.947 bits per heavy atom. The molecule has 0 aromatic carbocycles. The van der Waals surface area contributed by atoms with E-state index < -0.39 is 0 Å². The van der Waals surface area contributed by atoms with E-state index in [1.165, 1.54) is 19.3 Å². The summed E-state index contributed by atoms with van der Waals surface area (Å²) in [5.41, 5.74) is 0. The average Bonchev–Trinajstić information content (AvgIpc) is 2.85. The van der Waals surface area contributed by atoms with E-state index in [0.29, 0.717) is 24.9 Å². The van der Waals surface area contributed by atoms with Gasteiger partial charge in [-0.1, -0.05) is 19.8 Å². The Kier molecular flexibility index (Phi) is 3.50. The van der Waals surface area contributed by atoms with Crippen LogP contribution in [-0.2, 0) is 9.59 Å². The standard InChI is InChI=1S/C15H24N2O2/c1-11-5-2-3-6-12(11)17-10-8-14(18)16-9-4-7-13(16)15(17)19/h11-13H,2-10H2,1H3. The summed E-state index contributed by atoms with van der Waals surface area (Å²) in [5, 5.41) is 0. The molecule has 19 heavy (non-hydrogen) atoms. The Labute approximate surface area is 115 Å². The molecule has 3 rings (SSSR count). The fourth-order valence-corrected chi connectivity index (χ4v) is 4.07. The van der Waals surface area contributed by atoms with Crippen molar-refractivity contribution < 1.29 is 9.59 Å². The van der Waals surface area contributed by atoms with E-state index in [-0.39, 0.29) is 17.9 Å². The Morgan fingerprint density at radius 2 is 1.74 bits per heavy atom. The molecule has 3 unspecified atom stereocenters. The molecule has 0 aromatic rings. The lowest BCUT2D eigenvalue weighted by molar-refractivity contribution is -0.141. The largest absolute Gasteiger partial charge is 0.337 e. The van der Waals surface area contributed by atoms with E-state index in [4.69, 9.17) is 0 Å². The summed E-state index contributed by atoms with van der Waals surface area (Å²) in [4.78, 5) is 28.7. The van der Waals surface area contributed by atoms with E-state index in [1.54, 1.807) is 0 Å². The van der Waals surface area contributed by atoms with Gasteiger partial charge in [-0.2, -0.15) is 0 Å². The minimum atomic E-state index is -0.149. The molecule has 2 aliphatic heterocycles. The van der Waals surface area contributed by atoms with Crippen molar-refractivity contribution >= 4 is 11.8 Å². The van der Waals surface area contributed by atoms with Crippen LogP contribution in [0.2, 0.25) is 0 Å². The minimum absolute atomic E-state index is 0.149. The number of fused-ring (bicyclic) bond motifs is 1. The van der Waals surface area contributed by atoms with Crippen LogP contribution in [0.25, 0.3) is 0 Å². The second-order valence-electron chi connectivity index (χ2n) is 6.36. The second-order valence-corrected chi connectivity index (χ2v) is 6.36. The first-order valence-electron chi connectivity index (χ1n) is 7.78. The monoisotopic (exact) mass is 264 g/mol. The highest BCUT2D eigenvalue weighted by molar-refractivity contribution is 5.90. The summed E-state index contributed by atoms with van der Waals surface area (Å²) >= 11 is 0. The van der Waals surface area contributed by atoms with E-state index >= 15 is 0 Å². The summed E-state index contributed by atoms with van der Waals surface area (Å²) in [6, 6.07) is 0.221. The molecular formula is C15H24N2O2. The molecule has 0 radical (unpaired) electrons. The smallest absolute Gasteiger partial charge is 0.245 e. The van der Waals surface area contributed by atoms with Gasteiger partial charge in [0.1, 0.15) is 6.04 Å². The third-order valence-corrected chi connectivity index (χ3v) is 5.17. The van der Waals surface area contributed by atoms with Crippen LogP contribution in [0.1, 0.15) is 51.9 Å². The zero-order valence-electron chi connectivity index (χ0n) is 11.8. The number of hydrogen-bond acceptors (Lipinski definition) is 2. The summed E-state index contributed by atoms with van der Waals surface area (Å²) in [6.07, 6.45) is 7.21. The van der Waals surface area contributed by atoms with Crippen molar-refractivity contribution in [2.45, 2.75) is 64.0 Å². The van der Waals surface area contributed by atoms with Gasteiger partial charge in [-0.15, -0.1) is 0 Å². The van der Waals surface area contributed by atoms with Crippen LogP contribution in [0.15, 0.2) is 0 Å². The molecular weight excluding hydrogens is 240 g/mol. The molecule has 2 saturated heterocycles. The average molecular weight is 264 g/mol. The topological polar surface area (TPSA) is 40.6 Å². The summed E-state index contributed by atoms with van der Waals surface area (Å²) in [6.45, 7) is 3.68. The van der Waals surface area contributed by atoms with Crippen LogP contribution < -0.4 is 0 Å². The summed E-state index contributed by atoms with van der Waals surface area (Å²) < 4.78 is 0. The van der Waals surface area contributed by atoms with Gasteiger partial charge in [-0.25, -0.2) is 0 Å². The van der Waals surface area contributed by atoms with Crippen LogP contribution in [0, 0.1) is 5.92 Å². The fourth-order valence-electron chi connectivity index (χ4n) is 4.07. The van der Waals surface area contributed by atoms with Crippen LogP contribution in [0.3, 0.4) is 0 Å². The van der Waals surface area contributed by atoms with E-state index in [9.17, 15) is 9.59 Å². The van der Waals surface area contributed by atoms with Crippen molar-refractivity contribution in [1.82, 2.24) is 9.80 Å². The maximum absolute atomic E-state index is 12.7. The zero-order chi connectivity index (χ0) is 13.4. The number of hydrogen-bond donors (Lipinski definition) is 0. The molecule has 0 bridgehead atoms. The van der Waals surface area contributed by atoms with Crippen LogP contribution >= 0.6 is 0 Å². The van der Waals surface area contributed by atoms with Gasteiger partial charge < -0.3 is 9.80 Å². The number of amides is 2. The predicted molar refractivity (Wildman–Crippen MR) is 72.5 cm³/mol. The number of rotatable bonds is 1. The van der Waals surface area contributed by atoms with Crippen LogP contribution in [0.5, 0.6) is 0 Å². The lowest BCUT2D eigenvalue weighted by atomic mass is 9.84. The first-order valence-corrected chi connectivity index (χ1v) is 7.78. The SMILES string of the molecule is CC1CCCCC1N1CCC(=O)N2CCCC2C1=O. The van der Waals surface area contributed by atoms with E-state index in [2.05, 4.69) is 11.8 Å². The first-order chi connectivity index (χ1) is 9.18. The van der Waals surface area contributed by atoms with Gasteiger partial charge in [-0.3, -0.25) is 9.59 Å². The molecule has 1 saturated carbocycles. The van der Waals surface area contributed by atoms with Gasteiger partial charge in [0.2, 0.25) is 11.8 Å². The number of nitrogens with zero attached hydrogens (tertiary/aromatic N) is 2.